The Labute approximate surface area is 225 Å². The first-order valence-corrected chi connectivity index (χ1v) is 11.6. The smallest absolute Gasteiger partial charge is 0.422 e. The van der Waals surface area contributed by atoms with Crippen molar-refractivity contribution in [3.63, 3.8) is 0 Å². The largest absolute Gasteiger partial charge is 0.488 e. The molecule has 0 saturated heterocycles. The van der Waals surface area contributed by atoms with Gasteiger partial charge in [-0.25, -0.2) is 4.79 Å². The Hall–Kier alpha value is -3.56. The molecule has 1 atom stereocenters. The van der Waals surface area contributed by atoms with Crippen molar-refractivity contribution in [1.82, 2.24) is 0 Å². The molecule has 1 N–H and O–H groups in total. The maximum atomic E-state index is 12.5. The highest BCUT2D eigenvalue weighted by Gasteiger charge is 2.30. The summed E-state index contributed by atoms with van der Waals surface area (Å²) < 4.78 is 94.6. The fourth-order valence-electron chi connectivity index (χ4n) is 2.93. The van der Waals surface area contributed by atoms with Gasteiger partial charge in [-0.3, -0.25) is 0 Å². The van der Waals surface area contributed by atoms with E-state index in [1.54, 1.807) is 25.1 Å². The second-order valence-corrected chi connectivity index (χ2v) is 8.14. The van der Waals surface area contributed by atoms with Crippen LogP contribution in [0.1, 0.15) is 18.1 Å². The van der Waals surface area contributed by atoms with Gasteiger partial charge in [0, 0.05) is 24.7 Å². The van der Waals surface area contributed by atoms with Gasteiger partial charge in [-0.2, -0.15) is 26.3 Å². The third kappa shape index (κ3) is 12.7. The van der Waals surface area contributed by atoms with Crippen LogP contribution in [0.3, 0.4) is 0 Å². The van der Waals surface area contributed by atoms with Gasteiger partial charge < -0.3 is 24.1 Å². The van der Waals surface area contributed by atoms with Crippen molar-refractivity contribution in [1.29, 1.82) is 0 Å². The van der Waals surface area contributed by atoms with E-state index in [1.807, 2.05) is 0 Å². The van der Waals surface area contributed by atoms with Crippen molar-refractivity contribution in [2.75, 3.05) is 26.4 Å². The van der Waals surface area contributed by atoms with Crippen LogP contribution < -0.4 is 14.2 Å². The molecule has 0 amide bonds. The molecule has 212 valence electrons. The Morgan fingerprint density at radius 2 is 1.62 bits per heavy atom. The minimum absolute atomic E-state index is 0.0269. The van der Waals surface area contributed by atoms with E-state index in [9.17, 15) is 36.2 Å². The normalized spacial score (nSPS) is 12.5. The summed E-state index contributed by atoms with van der Waals surface area (Å²) in [4.78, 5) is 11.2. The molecule has 0 aliphatic carbocycles. The molecule has 0 aliphatic heterocycles. The van der Waals surface area contributed by atoms with Crippen LogP contribution in [0.4, 0.5) is 26.3 Å². The summed E-state index contributed by atoms with van der Waals surface area (Å²) in [7, 11) is 0. The maximum Gasteiger partial charge on any atom is 0.422 e. The molecular formula is C26H23ClF6O6. The van der Waals surface area contributed by atoms with E-state index in [0.29, 0.717) is 11.3 Å². The Kier molecular flexibility index (Phi) is 11.8. The summed E-state index contributed by atoms with van der Waals surface area (Å²) in [6.45, 7) is -1.33. The van der Waals surface area contributed by atoms with Gasteiger partial charge in [0.1, 0.15) is 23.9 Å². The summed E-state index contributed by atoms with van der Waals surface area (Å²) in [5.41, 5.74) is 0.692. The number of hydrogen-bond acceptors (Lipinski definition) is 5. The second kappa shape index (κ2) is 14.6. The molecule has 13 heteroatoms. The Morgan fingerprint density at radius 1 is 1.00 bits per heavy atom. The summed E-state index contributed by atoms with van der Waals surface area (Å²) in [6, 6.07) is 7.93. The number of halogens is 7. The number of carbonyl (C=O) groups is 1. The van der Waals surface area contributed by atoms with Gasteiger partial charge >= 0.3 is 18.3 Å². The molecule has 0 aliphatic rings. The molecule has 6 nitrogen and oxygen atoms in total. The zero-order chi connectivity index (χ0) is 29.1. The number of allylic oxidation sites excluding steroid dienone is 1. The van der Waals surface area contributed by atoms with Crippen molar-refractivity contribution >= 4 is 17.6 Å². The third-order valence-electron chi connectivity index (χ3n) is 4.50. The van der Waals surface area contributed by atoms with Gasteiger partial charge in [-0.15, -0.1) is 0 Å². The lowest BCUT2D eigenvalue weighted by atomic mass is 10.1. The van der Waals surface area contributed by atoms with E-state index in [4.69, 9.17) is 21.1 Å². The molecule has 2 rings (SSSR count). The van der Waals surface area contributed by atoms with Crippen LogP contribution in [0.2, 0.25) is 5.02 Å². The lowest BCUT2D eigenvalue weighted by Gasteiger charge is -2.13. The number of rotatable bonds is 12. The number of carboxylic acid groups (broad SMARTS) is 1. The van der Waals surface area contributed by atoms with Crippen LogP contribution in [-0.2, 0) is 16.0 Å². The van der Waals surface area contributed by atoms with E-state index in [2.05, 4.69) is 21.3 Å². The van der Waals surface area contributed by atoms with Gasteiger partial charge in [-0.1, -0.05) is 29.5 Å². The molecule has 0 fully saturated rings. The van der Waals surface area contributed by atoms with Crippen molar-refractivity contribution in [2.45, 2.75) is 31.8 Å². The lowest BCUT2D eigenvalue weighted by molar-refractivity contribution is -0.154. The fraction of sp³-hybridized carbons (Fsp3) is 0.346. The molecule has 0 spiro atoms. The number of aliphatic carboxylic acids is 1. The molecule has 0 aromatic heterocycles. The number of ether oxygens (including phenoxy) is 4. The molecule has 2 aromatic rings. The van der Waals surface area contributed by atoms with Crippen molar-refractivity contribution in [3.8, 4) is 29.1 Å². The number of carboxylic acids is 1. The first-order chi connectivity index (χ1) is 18.3. The van der Waals surface area contributed by atoms with E-state index >= 15 is 0 Å². The number of hydrogen-bond donors (Lipinski definition) is 1. The molecule has 39 heavy (non-hydrogen) atoms. The zero-order valence-corrected chi connectivity index (χ0v) is 21.1. The van der Waals surface area contributed by atoms with E-state index in [1.165, 1.54) is 12.2 Å². The van der Waals surface area contributed by atoms with E-state index < -0.39 is 37.6 Å². The summed E-state index contributed by atoms with van der Waals surface area (Å²) in [5, 5.41) is 9.43. The van der Waals surface area contributed by atoms with Crippen LogP contribution in [0, 0.1) is 11.8 Å². The minimum atomic E-state index is -4.65. The molecule has 0 bridgehead atoms. The van der Waals surface area contributed by atoms with Gasteiger partial charge in [0.15, 0.2) is 19.3 Å². The topological polar surface area (TPSA) is 74.2 Å². The second-order valence-electron chi connectivity index (χ2n) is 7.73. The quantitative estimate of drug-likeness (QED) is 0.237. The van der Waals surface area contributed by atoms with Gasteiger partial charge in [0.2, 0.25) is 0 Å². The Bertz CT molecular complexity index is 1160. The molecular weight excluding hydrogens is 558 g/mol. The standard InChI is InChI=1S/C26H23ClF6O6/c1-2-36-23(24(34)35)13-18-7-8-22(21(27)12-18)37-9-5-3-4-6-17-10-19(38-15-25(28,29)30)14-20(11-17)39-16-26(31,32)33/h3,5,7-8,10-12,14,23H,2,9,13,15-16H2,1H3,(H,34,35)/b5-3-. The predicted molar refractivity (Wildman–Crippen MR) is 129 cm³/mol. The summed E-state index contributed by atoms with van der Waals surface area (Å²) >= 11 is 6.20. The number of benzene rings is 2. The highest BCUT2D eigenvalue weighted by Crippen LogP contribution is 2.28. The van der Waals surface area contributed by atoms with Gasteiger partial charge in [0.05, 0.1) is 5.02 Å². The third-order valence-corrected chi connectivity index (χ3v) is 4.79. The van der Waals surface area contributed by atoms with Crippen molar-refractivity contribution in [3.05, 3.63) is 64.7 Å². The van der Waals surface area contributed by atoms with Crippen LogP contribution in [0.15, 0.2) is 48.6 Å². The molecule has 1 unspecified atom stereocenters. The van der Waals surface area contributed by atoms with Crippen LogP contribution >= 0.6 is 11.6 Å². The SMILES string of the molecule is CCOC(Cc1ccc(OC/C=C\C#Cc2cc(OCC(F)(F)F)cc(OCC(F)(F)F)c2)c(Cl)c1)C(=O)O. The maximum absolute atomic E-state index is 12.5. The first-order valence-electron chi connectivity index (χ1n) is 11.2. The average molecular weight is 581 g/mol. The van der Waals surface area contributed by atoms with Crippen LogP contribution in [0.25, 0.3) is 0 Å². The minimum Gasteiger partial charge on any atom is -0.488 e. The van der Waals surface area contributed by atoms with Crippen molar-refractivity contribution in [2.24, 2.45) is 0 Å². The van der Waals surface area contributed by atoms with E-state index in [-0.39, 0.29) is 41.7 Å². The van der Waals surface area contributed by atoms with Gasteiger partial charge in [-0.05, 0) is 48.9 Å². The van der Waals surface area contributed by atoms with Crippen LogP contribution in [0.5, 0.6) is 17.2 Å². The number of alkyl halides is 6. The predicted octanol–water partition coefficient (Wildman–Crippen LogP) is 6.24. The van der Waals surface area contributed by atoms with Gasteiger partial charge in [0.25, 0.3) is 0 Å². The molecule has 0 saturated carbocycles. The summed E-state index contributed by atoms with van der Waals surface area (Å²) in [6.07, 6.45) is -7.33. The Morgan fingerprint density at radius 3 is 2.13 bits per heavy atom. The Balaban J connectivity index is 2.02. The highest BCUT2D eigenvalue weighted by atomic mass is 35.5. The molecule has 0 radical (unpaired) electrons. The van der Waals surface area contributed by atoms with E-state index in [0.717, 1.165) is 18.2 Å². The van der Waals surface area contributed by atoms with Crippen LogP contribution in [-0.4, -0.2) is 56.0 Å². The van der Waals surface area contributed by atoms with Crippen molar-refractivity contribution < 1.29 is 55.2 Å². The molecule has 2 aromatic carbocycles. The highest BCUT2D eigenvalue weighted by molar-refractivity contribution is 6.32. The average Bonchev–Trinajstić information content (AvgIpc) is 2.83. The monoisotopic (exact) mass is 580 g/mol. The molecule has 0 heterocycles. The first kappa shape index (κ1) is 31.7. The summed E-state index contributed by atoms with van der Waals surface area (Å²) in [5.74, 6) is 3.66. The lowest BCUT2D eigenvalue weighted by Crippen LogP contribution is -2.26. The fourth-order valence-corrected chi connectivity index (χ4v) is 3.19. The zero-order valence-electron chi connectivity index (χ0n) is 20.4.